The molecule has 4 nitrogen and oxygen atoms in total. The fraction of sp³-hybridized carbons (Fsp3) is 0.385. The Morgan fingerprint density at radius 1 is 1.09 bits per heavy atom. The van der Waals surface area contributed by atoms with Crippen molar-refractivity contribution in [3.05, 3.63) is 69.0 Å². The Labute approximate surface area is 201 Å². The minimum absolute atomic E-state index is 0.445. The number of carbonyl (C=O) groups is 1. The van der Waals surface area contributed by atoms with E-state index in [1.165, 1.54) is 23.5 Å². The van der Waals surface area contributed by atoms with Crippen LogP contribution in [0.2, 0.25) is 0 Å². The molecule has 0 saturated heterocycles. The summed E-state index contributed by atoms with van der Waals surface area (Å²) in [6.07, 6.45) is -2.46. The highest BCUT2D eigenvalue weighted by Gasteiger charge is 2.30. The summed E-state index contributed by atoms with van der Waals surface area (Å²) in [5.41, 5.74) is 2.76. The van der Waals surface area contributed by atoms with Crippen molar-refractivity contribution in [3.8, 4) is 17.0 Å². The molecule has 1 N–H and O–H groups in total. The molecule has 0 unspecified atom stereocenters. The zero-order valence-corrected chi connectivity index (χ0v) is 20.4. The highest BCUT2D eigenvalue weighted by atomic mass is 32.1. The van der Waals surface area contributed by atoms with Crippen molar-refractivity contribution in [2.24, 2.45) is 5.41 Å². The third-order valence-corrected chi connectivity index (χ3v) is 6.61. The number of ether oxygens (including phenoxy) is 1. The monoisotopic (exact) mass is 491 g/mol. The van der Waals surface area contributed by atoms with Gasteiger partial charge in [-0.1, -0.05) is 18.2 Å². The van der Waals surface area contributed by atoms with E-state index in [4.69, 9.17) is 4.74 Å². The maximum absolute atomic E-state index is 12.7. The number of aromatic nitrogens is 1. The van der Waals surface area contributed by atoms with Crippen molar-refractivity contribution in [1.29, 1.82) is 0 Å². The van der Waals surface area contributed by atoms with Crippen LogP contribution in [0.15, 0.2) is 41.8 Å². The average molecular weight is 492 g/mol. The maximum Gasteiger partial charge on any atom is 0.416 e. The number of carboxylic acids is 1. The van der Waals surface area contributed by atoms with Crippen LogP contribution < -0.4 is 4.74 Å². The first kappa shape index (κ1) is 25.7. The molecule has 2 aromatic carbocycles. The molecule has 0 bridgehead atoms. The normalized spacial score (nSPS) is 12.1. The third kappa shape index (κ3) is 6.38. The zero-order chi connectivity index (χ0) is 25.1. The Bertz CT molecular complexity index is 1150. The molecular formula is C26H28F3NO3S. The first-order valence-corrected chi connectivity index (χ1v) is 11.8. The van der Waals surface area contributed by atoms with E-state index in [-0.39, 0.29) is 0 Å². The Balaban J connectivity index is 1.55. The van der Waals surface area contributed by atoms with Gasteiger partial charge in [0.25, 0.3) is 0 Å². The number of thiazole rings is 1. The Morgan fingerprint density at radius 2 is 1.76 bits per heavy atom. The quantitative estimate of drug-likeness (QED) is 0.324. The van der Waals surface area contributed by atoms with Crippen LogP contribution >= 0.6 is 11.3 Å². The minimum atomic E-state index is -4.35. The molecule has 0 fully saturated rings. The van der Waals surface area contributed by atoms with E-state index in [9.17, 15) is 23.1 Å². The van der Waals surface area contributed by atoms with E-state index in [0.717, 1.165) is 46.0 Å². The Hall–Kier alpha value is -2.87. The number of rotatable bonds is 9. The van der Waals surface area contributed by atoms with Crippen molar-refractivity contribution in [3.63, 3.8) is 0 Å². The van der Waals surface area contributed by atoms with Crippen molar-refractivity contribution in [2.75, 3.05) is 6.61 Å². The van der Waals surface area contributed by atoms with Gasteiger partial charge in [0.15, 0.2) is 0 Å². The largest absolute Gasteiger partial charge is 0.493 e. The SMILES string of the molecule is Cc1cc(OCCCc2nc(-c3ccc(C(F)(F)F)cc3)cs2)c(C)cc1CC(C)(C)C(=O)O. The van der Waals surface area contributed by atoms with Crippen molar-refractivity contribution < 1.29 is 27.8 Å². The minimum Gasteiger partial charge on any atom is -0.493 e. The molecule has 3 aromatic rings. The smallest absolute Gasteiger partial charge is 0.416 e. The van der Waals surface area contributed by atoms with Crippen molar-refractivity contribution in [1.82, 2.24) is 4.98 Å². The van der Waals surface area contributed by atoms with Crippen LogP contribution in [-0.2, 0) is 23.8 Å². The molecule has 1 heterocycles. The molecule has 0 spiro atoms. The lowest BCUT2D eigenvalue weighted by Gasteiger charge is -2.21. The second-order valence-electron chi connectivity index (χ2n) is 9.06. The second kappa shape index (κ2) is 10.2. The van der Waals surface area contributed by atoms with E-state index in [0.29, 0.717) is 30.7 Å². The van der Waals surface area contributed by atoms with Crippen LogP contribution in [0.4, 0.5) is 13.2 Å². The van der Waals surface area contributed by atoms with Crippen LogP contribution in [0.3, 0.4) is 0 Å². The molecule has 34 heavy (non-hydrogen) atoms. The Morgan fingerprint density at radius 3 is 2.38 bits per heavy atom. The summed E-state index contributed by atoms with van der Waals surface area (Å²) in [6.45, 7) is 7.84. The summed E-state index contributed by atoms with van der Waals surface area (Å²) in [5, 5.41) is 12.1. The van der Waals surface area contributed by atoms with E-state index in [1.807, 2.05) is 31.4 Å². The number of halogens is 3. The van der Waals surface area contributed by atoms with Gasteiger partial charge in [-0.3, -0.25) is 4.79 Å². The van der Waals surface area contributed by atoms with Gasteiger partial charge in [0.2, 0.25) is 0 Å². The number of hydrogen-bond donors (Lipinski definition) is 1. The molecule has 0 atom stereocenters. The number of alkyl halides is 3. The number of benzene rings is 2. The summed E-state index contributed by atoms with van der Waals surface area (Å²) in [4.78, 5) is 16.0. The molecule has 8 heteroatoms. The lowest BCUT2D eigenvalue weighted by Crippen LogP contribution is -2.26. The Kier molecular flexibility index (Phi) is 7.70. The number of hydrogen-bond acceptors (Lipinski definition) is 4. The van der Waals surface area contributed by atoms with Gasteiger partial charge in [0.05, 0.1) is 28.3 Å². The van der Waals surface area contributed by atoms with Crippen molar-refractivity contribution in [2.45, 2.75) is 53.1 Å². The topological polar surface area (TPSA) is 59.4 Å². The van der Waals surface area contributed by atoms with Gasteiger partial charge in [-0.25, -0.2) is 4.98 Å². The fourth-order valence-corrected chi connectivity index (χ4v) is 4.39. The lowest BCUT2D eigenvalue weighted by atomic mass is 9.84. The molecule has 0 saturated carbocycles. The standard InChI is InChI=1S/C26H28F3NO3S/c1-16-13-22(17(2)12-19(16)14-25(3,4)24(31)32)33-11-5-6-23-30-21(15-34-23)18-7-9-20(10-8-18)26(27,28)29/h7-10,12-13,15H,5-6,11,14H2,1-4H3,(H,31,32). The van der Waals surface area contributed by atoms with Crippen LogP contribution in [0.1, 0.15) is 47.5 Å². The van der Waals surface area contributed by atoms with E-state index in [1.54, 1.807) is 13.8 Å². The van der Waals surface area contributed by atoms with Gasteiger partial charge in [0, 0.05) is 17.4 Å². The summed E-state index contributed by atoms with van der Waals surface area (Å²) >= 11 is 1.48. The lowest BCUT2D eigenvalue weighted by molar-refractivity contribution is -0.146. The number of carboxylic acid groups (broad SMARTS) is 1. The second-order valence-corrected chi connectivity index (χ2v) is 10.0. The molecule has 0 radical (unpaired) electrons. The number of aryl methyl sites for hydroxylation is 3. The summed E-state index contributed by atoms with van der Waals surface area (Å²) in [5.74, 6) is -0.0486. The molecule has 0 aliphatic carbocycles. The van der Waals surface area contributed by atoms with Gasteiger partial charge in [0.1, 0.15) is 5.75 Å². The van der Waals surface area contributed by atoms with Gasteiger partial charge in [-0.05, 0) is 75.4 Å². The fourth-order valence-electron chi connectivity index (χ4n) is 3.54. The van der Waals surface area contributed by atoms with Crippen LogP contribution in [0.25, 0.3) is 11.3 Å². The van der Waals surface area contributed by atoms with E-state index < -0.39 is 23.1 Å². The average Bonchev–Trinajstić information content (AvgIpc) is 3.22. The van der Waals surface area contributed by atoms with Crippen LogP contribution in [-0.4, -0.2) is 22.7 Å². The van der Waals surface area contributed by atoms with E-state index >= 15 is 0 Å². The first-order valence-electron chi connectivity index (χ1n) is 10.9. The molecule has 0 aliphatic heterocycles. The summed E-state index contributed by atoms with van der Waals surface area (Å²) in [6, 6.07) is 8.97. The predicted molar refractivity (Wildman–Crippen MR) is 127 cm³/mol. The molecule has 1 aromatic heterocycles. The van der Waals surface area contributed by atoms with E-state index in [2.05, 4.69) is 4.98 Å². The molecule has 182 valence electrons. The molecule has 3 rings (SSSR count). The summed E-state index contributed by atoms with van der Waals surface area (Å²) in [7, 11) is 0. The number of aliphatic carboxylic acids is 1. The molecular weight excluding hydrogens is 463 g/mol. The number of nitrogens with zero attached hydrogens (tertiary/aromatic N) is 1. The zero-order valence-electron chi connectivity index (χ0n) is 19.6. The molecule has 0 amide bonds. The summed E-state index contributed by atoms with van der Waals surface area (Å²) < 4.78 is 44.2. The predicted octanol–water partition coefficient (Wildman–Crippen LogP) is 7.11. The van der Waals surface area contributed by atoms with Gasteiger partial charge >= 0.3 is 12.1 Å². The van der Waals surface area contributed by atoms with Gasteiger partial charge in [-0.15, -0.1) is 11.3 Å². The maximum atomic E-state index is 12.7. The van der Waals surface area contributed by atoms with Crippen LogP contribution in [0, 0.1) is 19.3 Å². The highest BCUT2D eigenvalue weighted by molar-refractivity contribution is 7.09. The van der Waals surface area contributed by atoms with Gasteiger partial charge < -0.3 is 9.84 Å². The third-order valence-electron chi connectivity index (χ3n) is 5.70. The first-order chi connectivity index (χ1) is 15.9. The van der Waals surface area contributed by atoms with Crippen LogP contribution in [0.5, 0.6) is 5.75 Å². The highest BCUT2D eigenvalue weighted by Crippen LogP contribution is 2.32. The molecule has 0 aliphatic rings. The van der Waals surface area contributed by atoms with Crippen molar-refractivity contribution >= 4 is 17.3 Å². The van der Waals surface area contributed by atoms with Gasteiger partial charge in [-0.2, -0.15) is 13.2 Å².